The lowest BCUT2D eigenvalue weighted by Gasteiger charge is -2.30. The number of aliphatic hydroxyl groups is 1. The van der Waals surface area contributed by atoms with Crippen molar-refractivity contribution in [3.63, 3.8) is 0 Å². The summed E-state index contributed by atoms with van der Waals surface area (Å²) in [6.45, 7) is 2.78. The molecule has 0 saturated carbocycles. The van der Waals surface area contributed by atoms with Gasteiger partial charge in [-0.25, -0.2) is 0 Å². The predicted molar refractivity (Wildman–Crippen MR) is 168 cm³/mol. The number of likely N-dealkylation sites (N-methyl/N-ethyl adjacent to an activating group) is 1. The van der Waals surface area contributed by atoms with E-state index in [0.717, 1.165) is 10.5 Å². The van der Waals surface area contributed by atoms with Crippen molar-refractivity contribution in [1.29, 1.82) is 0 Å². The summed E-state index contributed by atoms with van der Waals surface area (Å²) in [5.74, 6) is -3.88. The number of aliphatic hydroxyl groups excluding tert-OH is 1. The molecule has 3 saturated heterocycles. The molecule has 3 heterocycles. The van der Waals surface area contributed by atoms with E-state index in [0.29, 0.717) is 19.4 Å². The van der Waals surface area contributed by atoms with E-state index in [4.69, 9.17) is 0 Å². The molecule has 7 amide bonds. The first kappa shape index (κ1) is 35.3. The standard InChI is InChI=1S/C32H45N7O8/c1-19(2)12-22-29(44)35-23(13-20-8-5-4-6-9-20)32(47)39-15-21(33-27(42)17-38-11-7-10-28(38)43)14-25(39)30(45)36-24(18-40)31(46)37(3)16-26(41)34-22/h4-6,8-9,19,21-25,40H,7,10-18H2,1-3H3,(H,33,42)(H,34,41)(H,35,44)(H,36,45)/t21-,22-,23-,24-,25-/m0/s1. The molecule has 4 rings (SSSR count). The van der Waals surface area contributed by atoms with E-state index in [1.54, 1.807) is 24.3 Å². The first-order valence-electron chi connectivity index (χ1n) is 16.0. The number of hydrogen-bond acceptors (Lipinski definition) is 8. The Morgan fingerprint density at radius 2 is 1.66 bits per heavy atom. The van der Waals surface area contributed by atoms with Gasteiger partial charge in [-0.15, -0.1) is 0 Å². The van der Waals surface area contributed by atoms with Crippen molar-refractivity contribution in [2.24, 2.45) is 5.92 Å². The zero-order valence-corrected chi connectivity index (χ0v) is 27.1. The summed E-state index contributed by atoms with van der Waals surface area (Å²) in [5.41, 5.74) is 0.737. The van der Waals surface area contributed by atoms with Crippen LogP contribution in [0, 0.1) is 5.92 Å². The van der Waals surface area contributed by atoms with E-state index in [2.05, 4.69) is 21.3 Å². The molecule has 0 aromatic heterocycles. The number of amides is 7. The molecular weight excluding hydrogens is 610 g/mol. The molecule has 15 nitrogen and oxygen atoms in total. The first-order chi connectivity index (χ1) is 22.4. The van der Waals surface area contributed by atoms with Crippen LogP contribution in [0.2, 0.25) is 0 Å². The smallest absolute Gasteiger partial charge is 0.247 e. The van der Waals surface area contributed by atoms with Crippen LogP contribution in [0.4, 0.5) is 0 Å². The van der Waals surface area contributed by atoms with Crippen molar-refractivity contribution >= 4 is 41.4 Å². The van der Waals surface area contributed by atoms with Gasteiger partial charge in [0.05, 0.1) is 19.7 Å². The Labute approximate surface area is 273 Å². The molecule has 1 aromatic carbocycles. The Hall–Kier alpha value is -4.53. The Morgan fingerprint density at radius 3 is 2.30 bits per heavy atom. The highest BCUT2D eigenvalue weighted by Crippen LogP contribution is 2.22. The summed E-state index contributed by atoms with van der Waals surface area (Å²) < 4.78 is 0. The topological polar surface area (TPSA) is 198 Å². The van der Waals surface area contributed by atoms with Crippen LogP contribution in [0.25, 0.3) is 0 Å². The van der Waals surface area contributed by atoms with Crippen molar-refractivity contribution in [3.8, 4) is 0 Å². The quantitative estimate of drug-likeness (QED) is 0.210. The van der Waals surface area contributed by atoms with Gasteiger partial charge in [-0.2, -0.15) is 0 Å². The molecular formula is C32H45N7O8. The lowest BCUT2D eigenvalue weighted by atomic mass is 10.0. The minimum Gasteiger partial charge on any atom is -0.394 e. The van der Waals surface area contributed by atoms with Gasteiger partial charge >= 0.3 is 0 Å². The van der Waals surface area contributed by atoms with Crippen molar-refractivity contribution in [2.45, 2.75) is 76.2 Å². The van der Waals surface area contributed by atoms with Crippen molar-refractivity contribution < 1.29 is 38.7 Å². The largest absolute Gasteiger partial charge is 0.394 e. The molecule has 3 fully saturated rings. The fourth-order valence-corrected chi connectivity index (χ4v) is 6.23. The molecule has 0 radical (unpaired) electrons. The third kappa shape index (κ3) is 9.27. The fourth-order valence-electron chi connectivity index (χ4n) is 6.23. The maximum Gasteiger partial charge on any atom is 0.247 e. The first-order valence-corrected chi connectivity index (χ1v) is 16.0. The van der Waals surface area contributed by atoms with E-state index in [1.165, 1.54) is 16.8 Å². The third-order valence-corrected chi connectivity index (χ3v) is 8.57. The van der Waals surface area contributed by atoms with Crippen molar-refractivity contribution in [2.75, 3.05) is 39.8 Å². The van der Waals surface area contributed by atoms with E-state index in [-0.39, 0.29) is 44.2 Å². The van der Waals surface area contributed by atoms with Crippen LogP contribution >= 0.6 is 0 Å². The lowest BCUT2D eigenvalue weighted by Crippen LogP contribution is -2.58. The summed E-state index contributed by atoms with van der Waals surface area (Å²) in [6, 6.07) is 3.57. The predicted octanol–water partition coefficient (Wildman–Crippen LogP) is -2.10. The Morgan fingerprint density at radius 1 is 0.957 bits per heavy atom. The van der Waals surface area contributed by atoms with Gasteiger partial charge in [-0.05, 0) is 30.7 Å². The summed E-state index contributed by atoms with van der Waals surface area (Å²) in [4.78, 5) is 96.6. The molecule has 0 bridgehead atoms. The Bertz CT molecular complexity index is 1360. The molecule has 47 heavy (non-hydrogen) atoms. The van der Waals surface area contributed by atoms with Crippen LogP contribution in [0.1, 0.15) is 45.1 Å². The molecule has 3 aliphatic rings. The average Bonchev–Trinajstić information content (AvgIpc) is 3.63. The Balaban J connectivity index is 1.67. The van der Waals surface area contributed by atoms with Crippen LogP contribution < -0.4 is 21.3 Å². The van der Waals surface area contributed by atoms with Gasteiger partial charge in [0.15, 0.2) is 0 Å². The van der Waals surface area contributed by atoms with Crippen molar-refractivity contribution in [3.05, 3.63) is 35.9 Å². The normalized spacial score (nSPS) is 26.4. The molecule has 15 heteroatoms. The van der Waals surface area contributed by atoms with E-state index < -0.39 is 78.8 Å². The van der Waals surface area contributed by atoms with Gasteiger partial charge in [0.25, 0.3) is 0 Å². The number of rotatable bonds is 8. The van der Waals surface area contributed by atoms with E-state index in [1.807, 2.05) is 19.9 Å². The van der Waals surface area contributed by atoms with E-state index in [9.17, 15) is 38.7 Å². The van der Waals surface area contributed by atoms with Crippen molar-refractivity contribution in [1.82, 2.24) is 36.0 Å². The lowest BCUT2D eigenvalue weighted by molar-refractivity contribution is -0.143. The molecule has 3 aliphatic heterocycles. The summed E-state index contributed by atoms with van der Waals surface area (Å²) >= 11 is 0. The number of hydrogen-bond donors (Lipinski definition) is 5. The van der Waals surface area contributed by atoms with Crippen LogP contribution in [0.5, 0.6) is 0 Å². The number of carbonyl (C=O) groups excluding carboxylic acids is 7. The van der Waals surface area contributed by atoms with Gasteiger partial charge in [0.1, 0.15) is 24.2 Å². The summed E-state index contributed by atoms with van der Waals surface area (Å²) in [7, 11) is 1.34. The van der Waals surface area contributed by atoms with Crippen LogP contribution in [0.15, 0.2) is 30.3 Å². The molecule has 0 unspecified atom stereocenters. The van der Waals surface area contributed by atoms with Crippen LogP contribution in [-0.2, 0) is 40.0 Å². The minimum atomic E-state index is -1.41. The minimum absolute atomic E-state index is 0.0124. The maximum atomic E-state index is 14.3. The fraction of sp³-hybridized carbons (Fsp3) is 0.594. The van der Waals surface area contributed by atoms with Crippen LogP contribution in [-0.4, -0.2) is 131 Å². The zero-order chi connectivity index (χ0) is 34.2. The van der Waals surface area contributed by atoms with Gasteiger partial charge in [-0.1, -0.05) is 44.2 Å². The second-order valence-electron chi connectivity index (χ2n) is 12.9. The number of nitrogens with one attached hydrogen (secondary N) is 4. The molecule has 0 aliphatic carbocycles. The van der Waals surface area contributed by atoms with Gasteiger partial charge in [0.2, 0.25) is 41.4 Å². The number of fused-ring (bicyclic) bond motifs is 1. The highest BCUT2D eigenvalue weighted by molar-refractivity contribution is 5.97. The third-order valence-electron chi connectivity index (χ3n) is 8.57. The highest BCUT2D eigenvalue weighted by Gasteiger charge is 2.44. The molecule has 5 atom stereocenters. The molecule has 1 aromatic rings. The zero-order valence-electron chi connectivity index (χ0n) is 27.1. The molecule has 0 spiro atoms. The van der Waals surface area contributed by atoms with E-state index >= 15 is 0 Å². The van der Waals surface area contributed by atoms with Gasteiger partial charge < -0.3 is 41.1 Å². The molecule has 5 N–H and O–H groups in total. The SMILES string of the molecule is CC(C)C[C@@H]1NC(=O)CN(C)C(=O)[C@H](CO)NC(=O)[C@@H]2C[C@H](NC(=O)CN3CCCC3=O)CN2C(=O)[C@H](Cc2ccccc2)NC1=O. The highest BCUT2D eigenvalue weighted by atomic mass is 16.3. The second kappa shape index (κ2) is 15.8. The van der Waals surface area contributed by atoms with Gasteiger partial charge in [0, 0.05) is 39.0 Å². The Kier molecular flexibility index (Phi) is 11.9. The maximum absolute atomic E-state index is 14.3. The monoisotopic (exact) mass is 655 g/mol. The summed E-state index contributed by atoms with van der Waals surface area (Å²) in [5, 5.41) is 20.9. The number of carbonyl (C=O) groups is 7. The second-order valence-corrected chi connectivity index (χ2v) is 12.9. The summed E-state index contributed by atoms with van der Waals surface area (Å²) in [6.07, 6.45) is 1.35. The molecule has 256 valence electrons. The number of benzene rings is 1. The van der Waals surface area contributed by atoms with Crippen LogP contribution in [0.3, 0.4) is 0 Å². The number of likely N-dealkylation sites (tertiary alicyclic amines) is 1. The van der Waals surface area contributed by atoms with Gasteiger partial charge in [-0.3, -0.25) is 33.6 Å². The average molecular weight is 656 g/mol. The number of nitrogens with zero attached hydrogens (tertiary/aromatic N) is 3.